The zero-order valence-corrected chi connectivity index (χ0v) is 16.2. The summed E-state index contributed by atoms with van der Waals surface area (Å²) in [6.07, 6.45) is 1.59. The second kappa shape index (κ2) is 7.92. The molecular weight excluding hydrogens is 342 g/mol. The first kappa shape index (κ1) is 18.5. The number of carbonyl (C=O) groups is 1. The van der Waals surface area contributed by atoms with Crippen LogP contribution in [-0.4, -0.2) is 22.7 Å². The minimum Gasteiger partial charge on any atom is -0.311 e. The van der Waals surface area contributed by atoms with Crippen LogP contribution in [0.2, 0.25) is 0 Å². The number of anilines is 1. The predicted octanol–water partition coefficient (Wildman–Crippen LogP) is 4.54. The van der Waals surface area contributed by atoms with Gasteiger partial charge in [0.2, 0.25) is 5.91 Å². The molecule has 0 saturated heterocycles. The van der Waals surface area contributed by atoms with E-state index in [1.807, 2.05) is 42.2 Å². The van der Waals surface area contributed by atoms with E-state index in [0.717, 1.165) is 24.3 Å². The number of thioether (sulfide) groups is 1. The molecule has 134 valence electrons. The minimum absolute atomic E-state index is 0.100. The van der Waals surface area contributed by atoms with Gasteiger partial charge in [-0.1, -0.05) is 50.7 Å². The summed E-state index contributed by atoms with van der Waals surface area (Å²) >= 11 is 1.42. The van der Waals surface area contributed by atoms with Gasteiger partial charge in [0.25, 0.3) is 0 Å². The molecule has 3 rings (SSSR count). The summed E-state index contributed by atoms with van der Waals surface area (Å²) in [4.78, 5) is 19.7. The van der Waals surface area contributed by atoms with Crippen molar-refractivity contribution in [1.82, 2.24) is 4.98 Å². The lowest BCUT2D eigenvalue weighted by molar-refractivity contribution is -0.118. The van der Waals surface area contributed by atoms with Gasteiger partial charge in [-0.15, -0.1) is 0 Å². The number of fused-ring (bicyclic) bond motifs is 1. The molecule has 2 aromatic rings. The summed E-state index contributed by atoms with van der Waals surface area (Å²) in [6, 6.07) is 14.0. The molecule has 0 spiro atoms. The maximum Gasteiger partial charge on any atom is 0.240 e. The van der Waals surface area contributed by atoms with Crippen molar-refractivity contribution in [1.29, 1.82) is 5.26 Å². The Morgan fingerprint density at radius 3 is 2.77 bits per heavy atom. The quantitative estimate of drug-likeness (QED) is 0.730. The number of pyridine rings is 1. The Labute approximate surface area is 159 Å². The number of carbonyl (C=O) groups excluding carboxylic acids is 1. The van der Waals surface area contributed by atoms with Gasteiger partial charge in [0.05, 0.1) is 10.8 Å². The van der Waals surface area contributed by atoms with Crippen molar-refractivity contribution in [3.05, 3.63) is 53.2 Å². The lowest BCUT2D eigenvalue weighted by Gasteiger charge is -2.23. The van der Waals surface area contributed by atoms with Crippen molar-refractivity contribution in [2.45, 2.75) is 49.8 Å². The molecule has 1 amide bonds. The van der Waals surface area contributed by atoms with Gasteiger partial charge in [0, 0.05) is 17.9 Å². The molecule has 0 fully saturated rings. The molecule has 1 unspecified atom stereocenters. The highest BCUT2D eigenvalue weighted by molar-refractivity contribution is 8.00. The fourth-order valence-corrected chi connectivity index (χ4v) is 4.20. The molecule has 0 saturated carbocycles. The molecule has 0 bridgehead atoms. The summed E-state index contributed by atoms with van der Waals surface area (Å²) < 4.78 is 0. The van der Waals surface area contributed by atoms with E-state index >= 15 is 0 Å². The van der Waals surface area contributed by atoms with E-state index in [4.69, 9.17) is 0 Å². The summed E-state index contributed by atoms with van der Waals surface area (Å²) in [7, 11) is 0. The smallest absolute Gasteiger partial charge is 0.240 e. The number of rotatable bonds is 5. The number of nitrogens with zero attached hydrogens (tertiary/aromatic N) is 3. The normalized spacial score (nSPS) is 14.2. The monoisotopic (exact) mass is 365 g/mol. The zero-order chi connectivity index (χ0) is 18.7. The Morgan fingerprint density at radius 2 is 2.08 bits per heavy atom. The van der Waals surface area contributed by atoms with Gasteiger partial charge >= 0.3 is 0 Å². The van der Waals surface area contributed by atoms with Crippen molar-refractivity contribution in [3.8, 4) is 6.07 Å². The Kier molecular flexibility index (Phi) is 5.63. The van der Waals surface area contributed by atoms with E-state index in [1.54, 1.807) is 0 Å². The van der Waals surface area contributed by atoms with E-state index in [-0.39, 0.29) is 17.1 Å². The van der Waals surface area contributed by atoms with Gasteiger partial charge in [0.15, 0.2) is 0 Å². The van der Waals surface area contributed by atoms with Crippen LogP contribution in [-0.2, 0) is 11.2 Å². The fraction of sp³-hybridized carbons (Fsp3) is 0.381. The summed E-state index contributed by atoms with van der Waals surface area (Å²) in [5.74, 6) is 0.381. The van der Waals surface area contributed by atoms with E-state index in [0.29, 0.717) is 17.0 Å². The van der Waals surface area contributed by atoms with Crippen LogP contribution in [0.1, 0.15) is 49.9 Å². The molecule has 1 aromatic carbocycles. The first-order valence-corrected chi connectivity index (χ1v) is 9.90. The minimum atomic E-state index is -0.247. The maximum absolute atomic E-state index is 13.2. The van der Waals surface area contributed by atoms with E-state index in [9.17, 15) is 10.1 Å². The molecule has 26 heavy (non-hydrogen) atoms. The third-order valence-corrected chi connectivity index (χ3v) is 6.00. The summed E-state index contributed by atoms with van der Waals surface area (Å²) in [6.45, 7) is 6.88. The van der Waals surface area contributed by atoms with Crippen LogP contribution in [0.15, 0.2) is 41.4 Å². The van der Waals surface area contributed by atoms with Crippen LogP contribution in [0.3, 0.4) is 0 Å². The first-order chi connectivity index (χ1) is 12.5. The van der Waals surface area contributed by atoms with E-state index in [1.165, 1.54) is 17.3 Å². The SMILES string of the molecule is CCC(Sc1nc(C(C)C)ccc1C#N)C(=O)N1CCc2ccccc21. The van der Waals surface area contributed by atoms with Gasteiger partial charge in [-0.3, -0.25) is 4.79 Å². The third kappa shape index (κ3) is 3.61. The van der Waals surface area contributed by atoms with Gasteiger partial charge in [-0.25, -0.2) is 4.98 Å². The van der Waals surface area contributed by atoms with Crippen LogP contribution in [0, 0.1) is 11.3 Å². The Hall–Kier alpha value is -2.32. The van der Waals surface area contributed by atoms with Crippen molar-refractivity contribution >= 4 is 23.4 Å². The second-order valence-corrected chi connectivity index (χ2v) is 7.93. The molecule has 0 N–H and O–H groups in total. The van der Waals surface area contributed by atoms with Crippen molar-refractivity contribution in [3.63, 3.8) is 0 Å². The van der Waals surface area contributed by atoms with Crippen LogP contribution in [0.5, 0.6) is 0 Å². The highest BCUT2D eigenvalue weighted by Crippen LogP contribution is 2.33. The molecule has 2 heterocycles. The Balaban J connectivity index is 1.86. The van der Waals surface area contributed by atoms with Gasteiger partial charge < -0.3 is 4.90 Å². The maximum atomic E-state index is 13.2. The molecule has 5 heteroatoms. The highest BCUT2D eigenvalue weighted by Gasteiger charge is 2.30. The number of aromatic nitrogens is 1. The van der Waals surface area contributed by atoms with Crippen molar-refractivity contribution < 1.29 is 4.79 Å². The lowest BCUT2D eigenvalue weighted by atomic mass is 10.1. The Morgan fingerprint density at radius 1 is 1.31 bits per heavy atom. The van der Waals surface area contributed by atoms with Gasteiger partial charge in [-0.2, -0.15) is 5.26 Å². The van der Waals surface area contributed by atoms with Crippen LogP contribution < -0.4 is 4.90 Å². The number of benzene rings is 1. The summed E-state index contributed by atoms with van der Waals surface area (Å²) in [5.41, 5.74) is 3.71. The zero-order valence-electron chi connectivity index (χ0n) is 15.4. The van der Waals surface area contributed by atoms with Crippen molar-refractivity contribution in [2.75, 3.05) is 11.4 Å². The van der Waals surface area contributed by atoms with Crippen LogP contribution >= 0.6 is 11.8 Å². The fourth-order valence-electron chi connectivity index (χ4n) is 3.14. The molecule has 1 aliphatic heterocycles. The van der Waals surface area contributed by atoms with Gasteiger partial charge in [0.1, 0.15) is 11.1 Å². The van der Waals surface area contributed by atoms with E-state index < -0.39 is 0 Å². The summed E-state index contributed by atoms with van der Waals surface area (Å²) in [5, 5.41) is 9.83. The molecule has 0 radical (unpaired) electrons. The van der Waals surface area contributed by atoms with Crippen LogP contribution in [0.4, 0.5) is 5.69 Å². The number of amides is 1. The molecule has 1 aliphatic rings. The molecule has 1 aromatic heterocycles. The molecule has 4 nitrogen and oxygen atoms in total. The van der Waals surface area contributed by atoms with Gasteiger partial charge in [-0.05, 0) is 42.5 Å². The molecule has 1 atom stereocenters. The lowest BCUT2D eigenvalue weighted by Crippen LogP contribution is -2.36. The molecule has 0 aliphatic carbocycles. The van der Waals surface area contributed by atoms with E-state index in [2.05, 4.69) is 31.0 Å². The highest BCUT2D eigenvalue weighted by atomic mass is 32.2. The second-order valence-electron chi connectivity index (χ2n) is 6.74. The predicted molar refractivity (Wildman–Crippen MR) is 105 cm³/mol. The number of para-hydroxylation sites is 1. The number of hydrogen-bond acceptors (Lipinski definition) is 4. The van der Waals surface area contributed by atoms with Crippen LogP contribution in [0.25, 0.3) is 0 Å². The largest absolute Gasteiger partial charge is 0.311 e. The first-order valence-electron chi connectivity index (χ1n) is 9.02. The number of nitriles is 1. The third-order valence-electron chi connectivity index (χ3n) is 4.65. The molecular formula is C21H23N3OS. The van der Waals surface area contributed by atoms with Crippen molar-refractivity contribution in [2.24, 2.45) is 0 Å². The standard InChI is InChI=1S/C21H23N3OS/c1-4-19(21(25)24-12-11-15-7-5-6-8-18(15)24)26-20-16(13-22)9-10-17(23-20)14(2)3/h5-10,14,19H,4,11-12H2,1-3H3. The average Bonchev–Trinajstić information content (AvgIpc) is 3.09. The average molecular weight is 366 g/mol. The number of hydrogen-bond donors (Lipinski definition) is 0. The topological polar surface area (TPSA) is 57.0 Å². The Bertz CT molecular complexity index is 857.